The lowest BCUT2D eigenvalue weighted by molar-refractivity contribution is 1.13. The third kappa shape index (κ3) is 3.11. The predicted octanol–water partition coefficient (Wildman–Crippen LogP) is 4.42. The summed E-state index contributed by atoms with van der Waals surface area (Å²) in [6.45, 7) is 2.09. The minimum absolute atomic E-state index is 0.798. The molecule has 3 rings (SSSR count). The molecule has 0 bridgehead atoms. The van der Waals surface area contributed by atoms with E-state index in [-0.39, 0.29) is 0 Å². The van der Waals surface area contributed by atoms with Crippen LogP contribution in [0.5, 0.6) is 0 Å². The molecule has 0 atom stereocenters. The minimum Gasteiger partial charge on any atom is -0.378 e. The fourth-order valence-corrected chi connectivity index (χ4v) is 2.97. The maximum Gasteiger partial charge on any atom is 0.210 e. The highest BCUT2D eigenvalue weighted by atomic mass is 32.1. The Morgan fingerprint density at radius 2 is 1.86 bits per heavy atom. The van der Waals surface area contributed by atoms with Crippen LogP contribution >= 0.6 is 11.3 Å². The zero-order chi connectivity index (χ0) is 14.8. The molecule has 0 saturated carbocycles. The van der Waals surface area contributed by atoms with Crippen molar-refractivity contribution in [3.63, 3.8) is 0 Å². The van der Waals surface area contributed by atoms with Gasteiger partial charge in [0.05, 0.1) is 10.2 Å². The molecule has 3 aromatic rings. The lowest BCUT2D eigenvalue weighted by Gasteiger charge is -2.11. The molecule has 0 fully saturated rings. The van der Waals surface area contributed by atoms with Gasteiger partial charge in [0.2, 0.25) is 5.13 Å². The van der Waals surface area contributed by atoms with E-state index in [9.17, 15) is 0 Å². The Morgan fingerprint density at radius 3 is 2.57 bits per heavy atom. The van der Waals surface area contributed by atoms with Crippen LogP contribution < -0.4 is 4.90 Å². The molecule has 0 saturated heterocycles. The number of aliphatic imine (C=N–C) groups is 1. The van der Waals surface area contributed by atoms with E-state index < -0.39 is 0 Å². The molecule has 0 aliphatic rings. The van der Waals surface area contributed by atoms with E-state index in [2.05, 4.69) is 58.2 Å². The Bertz CT molecular complexity index is 785. The first-order valence-electron chi connectivity index (χ1n) is 6.80. The van der Waals surface area contributed by atoms with Crippen molar-refractivity contribution in [1.29, 1.82) is 0 Å². The van der Waals surface area contributed by atoms with Crippen molar-refractivity contribution < 1.29 is 0 Å². The summed E-state index contributed by atoms with van der Waals surface area (Å²) in [5.74, 6) is 0. The number of aromatic nitrogens is 1. The number of benzene rings is 2. The van der Waals surface area contributed by atoms with Gasteiger partial charge in [0.1, 0.15) is 0 Å². The number of anilines is 1. The Balaban J connectivity index is 1.83. The summed E-state index contributed by atoms with van der Waals surface area (Å²) in [4.78, 5) is 11.1. The van der Waals surface area contributed by atoms with Crippen molar-refractivity contribution in [2.45, 2.75) is 6.92 Å². The van der Waals surface area contributed by atoms with Gasteiger partial charge in [-0.3, -0.25) is 0 Å². The van der Waals surface area contributed by atoms with Crippen LogP contribution in [0.4, 0.5) is 10.8 Å². The average Bonchev–Trinajstić information content (AvgIpc) is 2.87. The Kier molecular flexibility index (Phi) is 3.71. The molecule has 0 spiro atoms. The molecule has 1 heterocycles. The van der Waals surface area contributed by atoms with E-state index in [0.29, 0.717) is 0 Å². The number of rotatable bonds is 3. The number of fused-ring (bicyclic) bond motifs is 1. The van der Waals surface area contributed by atoms with Crippen molar-refractivity contribution in [2.24, 2.45) is 4.99 Å². The van der Waals surface area contributed by atoms with Gasteiger partial charge in [0, 0.05) is 26.0 Å². The van der Waals surface area contributed by atoms with Crippen molar-refractivity contribution in [3.8, 4) is 0 Å². The number of aryl methyl sites for hydroxylation is 1. The van der Waals surface area contributed by atoms with E-state index in [0.717, 1.165) is 16.2 Å². The van der Waals surface area contributed by atoms with Crippen LogP contribution in [0.2, 0.25) is 0 Å². The molecule has 0 aliphatic carbocycles. The zero-order valence-corrected chi connectivity index (χ0v) is 13.2. The topological polar surface area (TPSA) is 28.5 Å². The van der Waals surface area contributed by atoms with Gasteiger partial charge in [-0.15, -0.1) is 0 Å². The SMILES string of the molecule is Cc1ccc2nc(N=Cc3ccc(N(C)C)cc3)sc2c1. The highest BCUT2D eigenvalue weighted by molar-refractivity contribution is 7.22. The van der Waals surface area contributed by atoms with Crippen LogP contribution in [0.25, 0.3) is 10.2 Å². The van der Waals surface area contributed by atoms with Gasteiger partial charge < -0.3 is 4.90 Å². The van der Waals surface area contributed by atoms with Crippen molar-refractivity contribution in [2.75, 3.05) is 19.0 Å². The lowest BCUT2D eigenvalue weighted by Crippen LogP contribution is -2.08. The molecule has 0 radical (unpaired) electrons. The maximum absolute atomic E-state index is 4.53. The Labute approximate surface area is 128 Å². The van der Waals surface area contributed by atoms with Crippen LogP contribution in [0.15, 0.2) is 47.5 Å². The highest BCUT2D eigenvalue weighted by Crippen LogP contribution is 2.28. The first kappa shape index (κ1) is 13.8. The van der Waals surface area contributed by atoms with Gasteiger partial charge in [-0.25, -0.2) is 9.98 Å². The molecule has 0 amide bonds. The van der Waals surface area contributed by atoms with Crippen molar-refractivity contribution >= 4 is 38.6 Å². The van der Waals surface area contributed by atoms with Crippen molar-refractivity contribution in [1.82, 2.24) is 4.98 Å². The molecule has 106 valence electrons. The summed E-state index contributed by atoms with van der Waals surface area (Å²) < 4.78 is 1.19. The van der Waals surface area contributed by atoms with Crippen LogP contribution in [0.3, 0.4) is 0 Å². The minimum atomic E-state index is 0.798. The monoisotopic (exact) mass is 295 g/mol. The maximum atomic E-state index is 4.53. The summed E-state index contributed by atoms with van der Waals surface area (Å²) >= 11 is 1.62. The van der Waals surface area contributed by atoms with Crippen molar-refractivity contribution in [3.05, 3.63) is 53.6 Å². The van der Waals surface area contributed by atoms with E-state index in [1.54, 1.807) is 11.3 Å². The van der Waals surface area contributed by atoms with E-state index in [1.165, 1.54) is 16.0 Å². The standard InChI is InChI=1S/C17H17N3S/c1-12-4-9-15-16(10-12)21-17(19-15)18-11-13-5-7-14(8-6-13)20(2)3/h4-11H,1-3H3. The molecule has 0 unspecified atom stereocenters. The summed E-state index contributed by atoms with van der Waals surface area (Å²) in [6.07, 6.45) is 1.87. The summed E-state index contributed by atoms with van der Waals surface area (Å²) in [6, 6.07) is 14.6. The zero-order valence-electron chi connectivity index (χ0n) is 12.4. The summed E-state index contributed by atoms with van der Waals surface area (Å²) in [7, 11) is 4.07. The number of hydrogen-bond acceptors (Lipinski definition) is 4. The Hall–Kier alpha value is -2.20. The highest BCUT2D eigenvalue weighted by Gasteiger charge is 2.02. The third-order valence-corrected chi connectivity index (χ3v) is 4.19. The molecule has 4 heteroatoms. The smallest absolute Gasteiger partial charge is 0.210 e. The number of hydrogen-bond donors (Lipinski definition) is 0. The van der Waals surface area contributed by atoms with Gasteiger partial charge in [0.25, 0.3) is 0 Å². The van der Waals surface area contributed by atoms with Crippen LogP contribution in [0.1, 0.15) is 11.1 Å². The quantitative estimate of drug-likeness (QED) is 0.669. The summed E-state index contributed by atoms with van der Waals surface area (Å²) in [5.41, 5.74) is 4.53. The second-order valence-electron chi connectivity index (χ2n) is 5.21. The Morgan fingerprint density at radius 1 is 1.10 bits per heavy atom. The molecule has 1 aromatic heterocycles. The molecule has 2 aromatic carbocycles. The average molecular weight is 295 g/mol. The van der Waals surface area contributed by atoms with Gasteiger partial charge in [-0.2, -0.15) is 0 Å². The second kappa shape index (κ2) is 5.66. The molecule has 3 nitrogen and oxygen atoms in total. The van der Waals surface area contributed by atoms with Crippen LogP contribution in [-0.2, 0) is 0 Å². The fourth-order valence-electron chi connectivity index (χ4n) is 2.06. The van der Waals surface area contributed by atoms with Gasteiger partial charge >= 0.3 is 0 Å². The molecular weight excluding hydrogens is 278 g/mol. The summed E-state index contributed by atoms with van der Waals surface area (Å²) in [5, 5.41) is 0.798. The number of thiazole rings is 1. The van der Waals surface area contributed by atoms with E-state index in [4.69, 9.17) is 0 Å². The third-order valence-electron chi connectivity index (χ3n) is 3.27. The molecular formula is C17H17N3S. The normalized spacial score (nSPS) is 11.4. The largest absolute Gasteiger partial charge is 0.378 e. The van der Waals surface area contributed by atoms with Crippen LogP contribution in [0, 0.1) is 6.92 Å². The van der Waals surface area contributed by atoms with Gasteiger partial charge in [0.15, 0.2) is 0 Å². The van der Waals surface area contributed by atoms with Gasteiger partial charge in [-0.05, 0) is 42.3 Å². The van der Waals surface area contributed by atoms with Gasteiger partial charge in [-0.1, -0.05) is 29.5 Å². The first-order chi connectivity index (χ1) is 10.1. The molecule has 0 aliphatic heterocycles. The fraction of sp³-hybridized carbons (Fsp3) is 0.176. The lowest BCUT2D eigenvalue weighted by atomic mass is 10.2. The number of nitrogens with zero attached hydrogens (tertiary/aromatic N) is 3. The van der Waals surface area contributed by atoms with Crippen LogP contribution in [-0.4, -0.2) is 25.3 Å². The molecule has 21 heavy (non-hydrogen) atoms. The predicted molar refractivity (Wildman–Crippen MR) is 92.4 cm³/mol. The van der Waals surface area contributed by atoms with E-state index >= 15 is 0 Å². The second-order valence-corrected chi connectivity index (χ2v) is 6.22. The first-order valence-corrected chi connectivity index (χ1v) is 7.62. The van der Waals surface area contributed by atoms with E-state index in [1.807, 2.05) is 26.4 Å². The molecule has 0 N–H and O–H groups in total.